The number of carboxylic acid groups (broad SMARTS) is 1. The summed E-state index contributed by atoms with van der Waals surface area (Å²) in [5.41, 5.74) is 0.670. The number of fused-ring (bicyclic) bond motifs is 1. The summed E-state index contributed by atoms with van der Waals surface area (Å²) in [6.45, 7) is 3.69. The summed E-state index contributed by atoms with van der Waals surface area (Å²) in [4.78, 5) is 20.4. The zero-order valence-electron chi connectivity index (χ0n) is 10.4. The van der Waals surface area contributed by atoms with Gasteiger partial charge in [0.2, 0.25) is 0 Å². The number of carbonyl (C=O) groups is 1. The number of thiophene rings is 1. The first kappa shape index (κ1) is 13.8. The highest BCUT2D eigenvalue weighted by molar-refractivity contribution is 8.00. The molecule has 1 atom stereocenters. The third kappa shape index (κ3) is 2.55. The maximum atomic E-state index is 11.1. The topological polar surface area (TPSA) is 86.9 Å². The molecule has 5 nitrogen and oxygen atoms in total. The summed E-state index contributed by atoms with van der Waals surface area (Å²) in [6.07, 6.45) is 2.12. The van der Waals surface area contributed by atoms with Crippen molar-refractivity contribution in [3.63, 3.8) is 0 Å². The normalized spacial score (nSPS) is 12.3. The standard InChI is InChI=1S/C12H11N3O2S2/c1-3-7(4-13)18-10-8-6(2)9(12(16)17)19-11(8)15-5-14-10/h5,7H,3H2,1-2H3,(H,16,17). The lowest BCUT2D eigenvalue weighted by Crippen LogP contribution is -1.98. The lowest BCUT2D eigenvalue weighted by atomic mass is 10.2. The summed E-state index contributed by atoms with van der Waals surface area (Å²) >= 11 is 2.50. The fourth-order valence-corrected chi connectivity index (χ4v) is 3.68. The van der Waals surface area contributed by atoms with Crippen molar-refractivity contribution in [1.82, 2.24) is 9.97 Å². The SMILES string of the molecule is CCC(C#N)Sc1ncnc2sc(C(=O)O)c(C)c12. The fraction of sp³-hybridized carbons (Fsp3) is 0.333. The Bertz CT molecular complexity index is 675. The Kier molecular flexibility index (Phi) is 4.02. The Morgan fingerprint density at radius 3 is 2.95 bits per heavy atom. The van der Waals surface area contributed by atoms with Crippen LogP contribution in [0.1, 0.15) is 28.6 Å². The molecule has 0 spiro atoms. The molecule has 0 amide bonds. The van der Waals surface area contributed by atoms with Gasteiger partial charge >= 0.3 is 5.97 Å². The van der Waals surface area contributed by atoms with Crippen LogP contribution in [0.5, 0.6) is 0 Å². The number of hydrogen-bond acceptors (Lipinski definition) is 6. The number of hydrogen-bond donors (Lipinski definition) is 1. The molecule has 0 bridgehead atoms. The Hall–Kier alpha value is -1.65. The van der Waals surface area contributed by atoms with Gasteiger partial charge in [-0.05, 0) is 18.9 Å². The molecule has 7 heteroatoms. The van der Waals surface area contributed by atoms with Crippen LogP contribution in [0.25, 0.3) is 10.2 Å². The van der Waals surface area contributed by atoms with Crippen LogP contribution in [0.2, 0.25) is 0 Å². The van der Waals surface area contributed by atoms with E-state index in [0.29, 0.717) is 21.8 Å². The molecule has 2 rings (SSSR count). The molecule has 0 aliphatic heterocycles. The first-order chi connectivity index (χ1) is 9.08. The second-order valence-corrected chi connectivity index (χ2v) is 6.05. The Morgan fingerprint density at radius 1 is 1.63 bits per heavy atom. The van der Waals surface area contributed by atoms with E-state index in [9.17, 15) is 4.79 Å². The number of aryl methyl sites for hydroxylation is 1. The van der Waals surface area contributed by atoms with Gasteiger partial charge in [0.15, 0.2) is 0 Å². The number of nitrogens with zero attached hydrogens (tertiary/aromatic N) is 3. The van der Waals surface area contributed by atoms with Gasteiger partial charge in [-0.2, -0.15) is 5.26 Å². The van der Waals surface area contributed by atoms with E-state index in [1.54, 1.807) is 6.92 Å². The summed E-state index contributed by atoms with van der Waals surface area (Å²) in [7, 11) is 0. The Morgan fingerprint density at radius 2 is 2.37 bits per heavy atom. The van der Waals surface area contributed by atoms with Crippen molar-refractivity contribution in [2.75, 3.05) is 0 Å². The van der Waals surface area contributed by atoms with E-state index in [4.69, 9.17) is 10.4 Å². The van der Waals surface area contributed by atoms with E-state index >= 15 is 0 Å². The third-order valence-electron chi connectivity index (χ3n) is 2.65. The van der Waals surface area contributed by atoms with Gasteiger partial charge in [0.1, 0.15) is 21.1 Å². The second-order valence-electron chi connectivity index (χ2n) is 3.86. The van der Waals surface area contributed by atoms with Crippen LogP contribution in [0.3, 0.4) is 0 Å². The largest absolute Gasteiger partial charge is 0.477 e. The van der Waals surface area contributed by atoms with Gasteiger partial charge in [0, 0.05) is 5.39 Å². The van der Waals surface area contributed by atoms with Gasteiger partial charge in [-0.15, -0.1) is 11.3 Å². The smallest absolute Gasteiger partial charge is 0.346 e. The molecule has 2 heterocycles. The predicted molar refractivity (Wildman–Crippen MR) is 74.7 cm³/mol. The highest BCUT2D eigenvalue weighted by Crippen LogP contribution is 2.36. The molecule has 98 valence electrons. The molecule has 0 aromatic carbocycles. The van der Waals surface area contributed by atoms with Crippen molar-refractivity contribution >= 4 is 39.3 Å². The van der Waals surface area contributed by atoms with Crippen molar-refractivity contribution in [3.05, 3.63) is 16.8 Å². The number of aromatic carboxylic acids is 1. The number of nitriles is 1. The molecule has 1 N–H and O–H groups in total. The van der Waals surface area contributed by atoms with Gasteiger partial charge in [-0.1, -0.05) is 18.7 Å². The van der Waals surface area contributed by atoms with Crippen molar-refractivity contribution in [3.8, 4) is 6.07 Å². The zero-order chi connectivity index (χ0) is 14.0. The van der Waals surface area contributed by atoms with Crippen molar-refractivity contribution < 1.29 is 9.90 Å². The van der Waals surface area contributed by atoms with E-state index in [-0.39, 0.29) is 10.1 Å². The molecule has 0 aliphatic carbocycles. The predicted octanol–water partition coefficient (Wildman–Crippen LogP) is 3.09. The fourth-order valence-electron chi connectivity index (χ4n) is 1.67. The average molecular weight is 293 g/mol. The van der Waals surface area contributed by atoms with E-state index in [1.165, 1.54) is 18.1 Å². The van der Waals surface area contributed by atoms with Gasteiger partial charge < -0.3 is 5.11 Å². The molecule has 0 saturated heterocycles. The Balaban J connectivity index is 2.57. The first-order valence-electron chi connectivity index (χ1n) is 5.62. The first-order valence-corrected chi connectivity index (χ1v) is 7.31. The Labute approximate surface area is 118 Å². The van der Waals surface area contributed by atoms with Crippen LogP contribution in [-0.2, 0) is 0 Å². The lowest BCUT2D eigenvalue weighted by molar-refractivity contribution is 0.0701. The minimum absolute atomic E-state index is 0.189. The van der Waals surface area contributed by atoms with E-state index in [2.05, 4.69) is 16.0 Å². The van der Waals surface area contributed by atoms with Gasteiger partial charge in [0.25, 0.3) is 0 Å². The minimum atomic E-state index is -0.955. The highest BCUT2D eigenvalue weighted by atomic mass is 32.2. The molecule has 0 radical (unpaired) electrons. The van der Waals surface area contributed by atoms with Gasteiger partial charge in [-0.25, -0.2) is 14.8 Å². The van der Waals surface area contributed by atoms with Gasteiger partial charge in [0.05, 0.1) is 11.3 Å². The number of rotatable bonds is 4. The van der Waals surface area contributed by atoms with Crippen LogP contribution in [0.4, 0.5) is 0 Å². The highest BCUT2D eigenvalue weighted by Gasteiger charge is 2.20. The minimum Gasteiger partial charge on any atom is -0.477 e. The van der Waals surface area contributed by atoms with Gasteiger partial charge in [-0.3, -0.25) is 0 Å². The summed E-state index contributed by atoms with van der Waals surface area (Å²) in [6, 6.07) is 2.20. The monoisotopic (exact) mass is 293 g/mol. The molecule has 0 saturated carbocycles. The van der Waals surface area contributed by atoms with Crippen LogP contribution < -0.4 is 0 Å². The molecule has 2 aromatic rings. The maximum Gasteiger partial charge on any atom is 0.346 e. The second kappa shape index (κ2) is 5.55. The molecule has 1 unspecified atom stereocenters. The van der Waals surface area contributed by atoms with Crippen LogP contribution in [0, 0.1) is 18.3 Å². The summed E-state index contributed by atoms with van der Waals surface area (Å²) < 4.78 is 0. The summed E-state index contributed by atoms with van der Waals surface area (Å²) in [5, 5.41) is 19.4. The van der Waals surface area contributed by atoms with Crippen molar-refractivity contribution in [1.29, 1.82) is 5.26 Å². The van der Waals surface area contributed by atoms with Crippen LogP contribution in [0.15, 0.2) is 11.4 Å². The van der Waals surface area contributed by atoms with Crippen molar-refractivity contribution in [2.45, 2.75) is 30.5 Å². The zero-order valence-corrected chi connectivity index (χ0v) is 12.0. The molecule has 0 fully saturated rings. The van der Waals surface area contributed by atoms with Crippen molar-refractivity contribution in [2.24, 2.45) is 0 Å². The molecule has 0 aliphatic rings. The quantitative estimate of drug-likeness (QED) is 0.688. The summed E-state index contributed by atoms with van der Waals surface area (Å²) in [5.74, 6) is -0.955. The number of aromatic nitrogens is 2. The third-order valence-corrected chi connectivity index (χ3v) is 5.10. The van der Waals surface area contributed by atoms with Crippen LogP contribution in [-0.4, -0.2) is 26.3 Å². The molecule has 2 aromatic heterocycles. The molecular weight excluding hydrogens is 282 g/mol. The lowest BCUT2D eigenvalue weighted by Gasteiger charge is -2.06. The molecule has 19 heavy (non-hydrogen) atoms. The van der Waals surface area contributed by atoms with E-state index in [1.807, 2.05) is 6.92 Å². The van der Waals surface area contributed by atoms with Crippen LogP contribution >= 0.6 is 23.1 Å². The van der Waals surface area contributed by atoms with E-state index in [0.717, 1.165) is 16.7 Å². The number of thioether (sulfide) groups is 1. The van der Waals surface area contributed by atoms with E-state index < -0.39 is 5.97 Å². The molecular formula is C12H11N3O2S2. The average Bonchev–Trinajstić information content (AvgIpc) is 2.74. The number of carboxylic acids is 1. The maximum absolute atomic E-state index is 11.1.